The Balaban J connectivity index is 1.82. The maximum Gasteiger partial charge on any atom is 0.237 e. The molecule has 0 radical (unpaired) electrons. The first kappa shape index (κ1) is 16.4. The van der Waals surface area contributed by atoms with Gasteiger partial charge in [-0.3, -0.25) is 4.79 Å². The van der Waals surface area contributed by atoms with Crippen molar-refractivity contribution in [3.05, 3.63) is 0 Å². The van der Waals surface area contributed by atoms with Gasteiger partial charge in [0.1, 0.15) is 0 Å². The van der Waals surface area contributed by atoms with Crippen molar-refractivity contribution in [2.45, 2.75) is 31.8 Å². The van der Waals surface area contributed by atoms with E-state index in [1.807, 2.05) is 6.92 Å². The molecule has 6 heteroatoms. The third kappa shape index (κ3) is 8.93. The average Bonchev–Trinajstić information content (AvgIpc) is 3.20. The van der Waals surface area contributed by atoms with Crippen molar-refractivity contribution in [3.63, 3.8) is 0 Å². The van der Waals surface area contributed by atoms with Crippen molar-refractivity contribution in [1.82, 2.24) is 10.6 Å². The molecule has 1 amide bonds. The predicted octanol–water partition coefficient (Wildman–Crippen LogP) is -0.0773. The number of hydrogen-bond acceptors (Lipinski definition) is 5. The van der Waals surface area contributed by atoms with Crippen LogP contribution in [-0.4, -0.2) is 64.7 Å². The van der Waals surface area contributed by atoms with Crippen LogP contribution in [0.5, 0.6) is 0 Å². The van der Waals surface area contributed by atoms with Gasteiger partial charge < -0.3 is 24.8 Å². The van der Waals surface area contributed by atoms with E-state index in [4.69, 9.17) is 14.2 Å². The van der Waals surface area contributed by atoms with E-state index in [1.165, 1.54) is 0 Å². The van der Waals surface area contributed by atoms with Crippen LogP contribution >= 0.6 is 0 Å². The van der Waals surface area contributed by atoms with E-state index in [2.05, 4.69) is 10.6 Å². The number of rotatable bonds is 12. The molecule has 0 saturated heterocycles. The minimum Gasteiger partial charge on any atom is -0.382 e. The fourth-order valence-corrected chi connectivity index (χ4v) is 1.46. The van der Waals surface area contributed by atoms with Gasteiger partial charge in [-0.2, -0.15) is 0 Å². The summed E-state index contributed by atoms with van der Waals surface area (Å²) < 4.78 is 15.5. The highest BCUT2D eigenvalue weighted by atomic mass is 16.5. The van der Waals surface area contributed by atoms with Crippen LogP contribution in [0.4, 0.5) is 0 Å². The van der Waals surface area contributed by atoms with Crippen LogP contribution < -0.4 is 10.6 Å². The Bertz CT molecular complexity index is 247. The molecular formula is C13H26N2O4. The molecule has 2 N–H and O–H groups in total. The zero-order valence-corrected chi connectivity index (χ0v) is 11.9. The molecule has 1 atom stereocenters. The fourth-order valence-electron chi connectivity index (χ4n) is 1.46. The van der Waals surface area contributed by atoms with Gasteiger partial charge in [-0.1, -0.05) is 0 Å². The van der Waals surface area contributed by atoms with Crippen molar-refractivity contribution >= 4 is 5.91 Å². The highest BCUT2D eigenvalue weighted by Gasteiger charge is 2.25. The first-order valence-corrected chi connectivity index (χ1v) is 6.92. The molecule has 1 rings (SSSR count). The zero-order valence-electron chi connectivity index (χ0n) is 11.9. The van der Waals surface area contributed by atoms with Gasteiger partial charge in [0, 0.05) is 19.7 Å². The second kappa shape index (κ2) is 10.1. The Morgan fingerprint density at radius 1 is 1.16 bits per heavy atom. The van der Waals surface area contributed by atoms with Crippen LogP contribution in [0.2, 0.25) is 0 Å². The molecule has 0 bridgehead atoms. The highest BCUT2D eigenvalue weighted by Crippen LogP contribution is 2.18. The molecule has 1 fully saturated rings. The Morgan fingerprint density at radius 3 is 2.42 bits per heavy atom. The second-order valence-electron chi connectivity index (χ2n) is 4.68. The van der Waals surface area contributed by atoms with Crippen LogP contribution in [0.15, 0.2) is 0 Å². The number of amides is 1. The predicted molar refractivity (Wildman–Crippen MR) is 72.1 cm³/mol. The van der Waals surface area contributed by atoms with Crippen LogP contribution in [0.25, 0.3) is 0 Å². The summed E-state index contributed by atoms with van der Waals surface area (Å²) in [6.45, 7) is 5.44. The number of carbonyl (C=O) groups excluding carboxylic acids is 1. The smallest absolute Gasteiger partial charge is 0.237 e. The van der Waals surface area contributed by atoms with Crippen molar-refractivity contribution in [3.8, 4) is 0 Å². The summed E-state index contributed by atoms with van der Waals surface area (Å²) in [5.74, 6) is 0.0744. The summed E-state index contributed by atoms with van der Waals surface area (Å²) in [7, 11) is 1.64. The maximum atomic E-state index is 11.6. The molecule has 1 unspecified atom stereocenters. The topological polar surface area (TPSA) is 68.8 Å². The Kier molecular flexibility index (Phi) is 8.73. The number of hydrogen-bond donors (Lipinski definition) is 2. The molecule has 0 aliphatic heterocycles. The molecular weight excluding hydrogens is 248 g/mol. The molecule has 0 heterocycles. The third-order valence-corrected chi connectivity index (χ3v) is 2.82. The maximum absolute atomic E-state index is 11.6. The molecule has 112 valence electrons. The van der Waals surface area contributed by atoms with Gasteiger partial charge in [0.25, 0.3) is 0 Å². The Morgan fingerprint density at radius 2 is 1.79 bits per heavy atom. The largest absolute Gasteiger partial charge is 0.382 e. The molecule has 0 aromatic carbocycles. The molecule has 1 aliphatic rings. The van der Waals surface area contributed by atoms with E-state index < -0.39 is 0 Å². The number of nitrogens with one attached hydrogen (secondary N) is 2. The molecule has 0 aromatic heterocycles. The summed E-state index contributed by atoms with van der Waals surface area (Å²) in [6.07, 6.45) is 2.23. The monoisotopic (exact) mass is 274 g/mol. The quantitative estimate of drug-likeness (QED) is 0.487. The van der Waals surface area contributed by atoms with Crippen LogP contribution in [0.1, 0.15) is 19.8 Å². The van der Waals surface area contributed by atoms with Gasteiger partial charge in [0.05, 0.1) is 39.1 Å². The first-order valence-electron chi connectivity index (χ1n) is 6.92. The van der Waals surface area contributed by atoms with E-state index in [-0.39, 0.29) is 11.9 Å². The van der Waals surface area contributed by atoms with Crippen molar-refractivity contribution in [2.75, 3.05) is 46.7 Å². The lowest BCUT2D eigenvalue weighted by molar-refractivity contribution is -0.122. The lowest BCUT2D eigenvalue weighted by Crippen LogP contribution is -2.44. The molecule has 19 heavy (non-hydrogen) atoms. The second-order valence-corrected chi connectivity index (χ2v) is 4.68. The van der Waals surface area contributed by atoms with Gasteiger partial charge >= 0.3 is 0 Å². The molecule has 0 spiro atoms. The number of ether oxygens (including phenoxy) is 3. The van der Waals surface area contributed by atoms with Gasteiger partial charge in [0.15, 0.2) is 0 Å². The van der Waals surface area contributed by atoms with Crippen LogP contribution in [-0.2, 0) is 19.0 Å². The molecule has 6 nitrogen and oxygen atoms in total. The van der Waals surface area contributed by atoms with E-state index in [0.717, 1.165) is 12.8 Å². The Hall–Kier alpha value is -0.690. The highest BCUT2D eigenvalue weighted by molar-refractivity contribution is 5.81. The molecule has 0 aromatic rings. The lowest BCUT2D eigenvalue weighted by Gasteiger charge is -2.13. The first-order chi connectivity index (χ1) is 9.24. The minimum atomic E-state index is -0.165. The summed E-state index contributed by atoms with van der Waals surface area (Å²) in [4.78, 5) is 11.6. The Labute approximate surface area is 115 Å². The van der Waals surface area contributed by atoms with E-state index in [1.54, 1.807) is 7.11 Å². The summed E-state index contributed by atoms with van der Waals surface area (Å²) in [6, 6.07) is 0.249. The van der Waals surface area contributed by atoms with Crippen LogP contribution in [0, 0.1) is 0 Å². The molecule has 1 aliphatic carbocycles. The fraction of sp³-hybridized carbons (Fsp3) is 0.923. The minimum absolute atomic E-state index is 0.0744. The normalized spacial score (nSPS) is 16.3. The zero-order chi connectivity index (χ0) is 13.9. The lowest BCUT2D eigenvalue weighted by atomic mass is 10.3. The van der Waals surface area contributed by atoms with Gasteiger partial charge in [0.2, 0.25) is 5.91 Å². The van der Waals surface area contributed by atoms with E-state index in [0.29, 0.717) is 45.6 Å². The van der Waals surface area contributed by atoms with Crippen LogP contribution in [0.3, 0.4) is 0 Å². The summed E-state index contributed by atoms with van der Waals surface area (Å²) in [5.41, 5.74) is 0. The summed E-state index contributed by atoms with van der Waals surface area (Å²) >= 11 is 0. The molecule has 1 saturated carbocycles. The van der Waals surface area contributed by atoms with Gasteiger partial charge in [-0.15, -0.1) is 0 Å². The van der Waals surface area contributed by atoms with Crippen molar-refractivity contribution < 1.29 is 19.0 Å². The van der Waals surface area contributed by atoms with Gasteiger partial charge in [-0.25, -0.2) is 0 Å². The van der Waals surface area contributed by atoms with E-state index >= 15 is 0 Å². The standard InChI is InChI=1S/C13H26N2O4/c1-11(13(16)15-12-3-4-12)14-5-6-18-9-10-19-8-7-17-2/h11-12,14H,3-10H2,1-2H3,(H,15,16). The van der Waals surface area contributed by atoms with Gasteiger partial charge in [-0.05, 0) is 19.8 Å². The van der Waals surface area contributed by atoms with Crippen molar-refractivity contribution in [2.24, 2.45) is 0 Å². The number of methoxy groups -OCH3 is 1. The number of carbonyl (C=O) groups is 1. The third-order valence-electron chi connectivity index (χ3n) is 2.82. The SMILES string of the molecule is COCCOCCOCCNC(C)C(=O)NC1CC1. The summed E-state index contributed by atoms with van der Waals surface area (Å²) in [5, 5.41) is 6.09. The van der Waals surface area contributed by atoms with Crippen molar-refractivity contribution in [1.29, 1.82) is 0 Å². The average molecular weight is 274 g/mol. The van der Waals surface area contributed by atoms with E-state index in [9.17, 15) is 4.79 Å².